The predicted molar refractivity (Wildman–Crippen MR) is 72.4 cm³/mol. The van der Waals surface area contributed by atoms with E-state index in [0.29, 0.717) is 32.1 Å². The molecule has 4 heterocycles. The van der Waals surface area contributed by atoms with Crippen molar-refractivity contribution < 1.29 is 19.1 Å². The number of nitrogens with one attached hydrogen (secondary N) is 2. The summed E-state index contributed by atoms with van der Waals surface area (Å²) in [6.45, 7) is 5.46. The van der Waals surface area contributed by atoms with Crippen LogP contribution in [0.4, 0.5) is 4.79 Å². The van der Waals surface area contributed by atoms with Crippen molar-refractivity contribution in [2.24, 2.45) is 0 Å². The zero-order chi connectivity index (χ0) is 14.8. The molecule has 2 bridgehead atoms. The second kappa shape index (κ2) is 4.18. The third kappa shape index (κ3) is 1.71. The predicted octanol–water partition coefficient (Wildman–Crippen LogP) is -0.0472. The first kappa shape index (κ1) is 13.5. The number of carbonyl (C=O) groups is 2. The second-order valence-electron chi connectivity index (χ2n) is 6.81. The van der Waals surface area contributed by atoms with Gasteiger partial charge in [0, 0.05) is 31.0 Å². The molecule has 21 heavy (non-hydrogen) atoms. The number of carbonyl (C=O) groups excluding carboxylic acids is 2. The van der Waals surface area contributed by atoms with E-state index in [1.807, 2.05) is 0 Å². The molecule has 3 atom stereocenters. The Morgan fingerprint density at radius 2 is 1.90 bits per heavy atom. The van der Waals surface area contributed by atoms with Crippen molar-refractivity contribution in [3.05, 3.63) is 0 Å². The van der Waals surface area contributed by atoms with Crippen LogP contribution >= 0.6 is 0 Å². The fraction of sp³-hybridized carbons (Fsp3) is 0.857. The third-order valence-corrected chi connectivity index (χ3v) is 5.34. The van der Waals surface area contributed by atoms with Gasteiger partial charge in [-0.25, -0.2) is 4.79 Å². The first-order valence-electron chi connectivity index (χ1n) is 7.65. The Bertz CT molecular complexity index is 502. The average Bonchev–Trinajstić information content (AvgIpc) is 2.99. The standard InChI is InChI=1S/C14H21N3O4/c1-8(2)17-9-5-13(20-3-4-21-13)7-10(17)14(6-9)11(18)15-12(19)16-14/h8-10H,3-7H2,1-2H3,(H2,15,16,18,19)/t9-,10-,14+/m0/s1. The normalized spacial score (nSPS) is 41.3. The Morgan fingerprint density at radius 1 is 1.19 bits per heavy atom. The van der Waals surface area contributed by atoms with Crippen molar-refractivity contribution in [3.63, 3.8) is 0 Å². The molecular weight excluding hydrogens is 274 g/mol. The monoisotopic (exact) mass is 295 g/mol. The van der Waals surface area contributed by atoms with Gasteiger partial charge in [0.2, 0.25) is 0 Å². The Hall–Kier alpha value is -1.18. The summed E-state index contributed by atoms with van der Waals surface area (Å²) < 4.78 is 11.7. The number of hydrogen-bond donors (Lipinski definition) is 2. The van der Waals surface area contributed by atoms with Gasteiger partial charge >= 0.3 is 6.03 Å². The van der Waals surface area contributed by atoms with Gasteiger partial charge in [-0.05, 0) is 20.3 Å². The summed E-state index contributed by atoms with van der Waals surface area (Å²) in [5, 5.41) is 5.29. The maximum absolute atomic E-state index is 12.4. The summed E-state index contributed by atoms with van der Waals surface area (Å²) in [5.41, 5.74) is -0.829. The molecule has 0 radical (unpaired) electrons. The molecule has 7 heteroatoms. The van der Waals surface area contributed by atoms with Crippen LogP contribution in [0.15, 0.2) is 0 Å². The van der Waals surface area contributed by atoms with E-state index in [0.717, 1.165) is 6.42 Å². The molecule has 4 fully saturated rings. The lowest BCUT2D eigenvalue weighted by atomic mass is 9.86. The van der Waals surface area contributed by atoms with Crippen LogP contribution in [0.1, 0.15) is 33.1 Å². The number of fused-ring (bicyclic) bond motifs is 3. The van der Waals surface area contributed by atoms with E-state index in [2.05, 4.69) is 29.4 Å². The first-order valence-corrected chi connectivity index (χ1v) is 7.65. The minimum atomic E-state index is -0.829. The summed E-state index contributed by atoms with van der Waals surface area (Å²) in [4.78, 5) is 26.4. The number of amides is 3. The Labute approximate surface area is 123 Å². The van der Waals surface area contributed by atoms with E-state index in [9.17, 15) is 9.59 Å². The molecule has 0 unspecified atom stereocenters. The fourth-order valence-electron chi connectivity index (χ4n) is 4.71. The molecule has 2 N–H and O–H groups in total. The van der Waals surface area contributed by atoms with Crippen LogP contribution in [-0.4, -0.2) is 59.5 Å². The van der Waals surface area contributed by atoms with Crippen molar-refractivity contribution in [3.8, 4) is 0 Å². The van der Waals surface area contributed by atoms with Gasteiger partial charge < -0.3 is 14.8 Å². The van der Waals surface area contributed by atoms with Gasteiger partial charge in [-0.2, -0.15) is 0 Å². The minimum Gasteiger partial charge on any atom is -0.347 e. The van der Waals surface area contributed by atoms with E-state index in [1.54, 1.807) is 0 Å². The van der Waals surface area contributed by atoms with E-state index in [1.165, 1.54) is 0 Å². The van der Waals surface area contributed by atoms with Crippen LogP contribution in [0, 0.1) is 0 Å². The second-order valence-corrected chi connectivity index (χ2v) is 6.81. The lowest BCUT2D eigenvalue weighted by Gasteiger charge is -2.46. The number of nitrogens with zero attached hydrogens (tertiary/aromatic N) is 1. The highest BCUT2D eigenvalue weighted by Gasteiger charge is 2.67. The van der Waals surface area contributed by atoms with E-state index >= 15 is 0 Å². The van der Waals surface area contributed by atoms with Gasteiger partial charge in [0.15, 0.2) is 5.79 Å². The van der Waals surface area contributed by atoms with Crippen LogP contribution in [0.25, 0.3) is 0 Å². The maximum Gasteiger partial charge on any atom is 0.322 e. The number of ether oxygens (including phenoxy) is 2. The quantitative estimate of drug-likeness (QED) is 0.663. The number of rotatable bonds is 1. The van der Waals surface area contributed by atoms with Crippen molar-refractivity contribution in [2.75, 3.05) is 13.2 Å². The average molecular weight is 295 g/mol. The SMILES string of the molecule is CC(C)N1[C@H]2CC3(C[C@H]1[C@@]1(C2)NC(=O)NC1=O)OCCO3. The fourth-order valence-corrected chi connectivity index (χ4v) is 4.71. The third-order valence-electron chi connectivity index (χ3n) is 5.34. The van der Waals surface area contributed by atoms with Gasteiger partial charge in [-0.15, -0.1) is 0 Å². The molecule has 3 amide bonds. The van der Waals surface area contributed by atoms with Crippen LogP contribution in [0.2, 0.25) is 0 Å². The maximum atomic E-state index is 12.4. The molecule has 0 aromatic heterocycles. The summed E-state index contributed by atoms with van der Waals surface area (Å²) in [6.07, 6.45) is 2.00. The molecule has 4 rings (SSSR count). The molecular formula is C14H21N3O4. The van der Waals surface area contributed by atoms with Crippen LogP contribution < -0.4 is 10.6 Å². The highest BCUT2D eigenvalue weighted by molar-refractivity contribution is 6.07. The van der Waals surface area contributed by atoms with Gasteiger partial charge in [-0.1, -0.05) is 0 Å². The Balaban J connectivity index is 1.73. The minimum absolute atomic E-state index is 0.0826. The van der Waals surface area contributed by atoms with Crippen LogP contribution in [-0.2, 0) is 14.3 Å². The summed E-state index contributed by atoms with van der Waals surface area (Å²) in [5.74, 6) is -0.779. The van der Waals surface area contributed by atoms with Crippen LogP contribution in [0.3, 0.4) is 0 Å². The molecule has 4 aliphatic heterocycles. The molecule has 0 aliphatic carbocycles. The number of hydrogen-bond acceptors (Lipinski definition) is 5. The van der Waals surface area contributed by atoms with Crippen molar-refractivity contribution in [1.29, 1.82) is 0 Å². The van der Waals surface area contributed by atoms with E-state index < -0.39 is 17.4 Å². The summed E-state index contributed by atoms with van der Waals surface area (Å²) >= 11 is 0. The Morgan fingerprint density at radius 3 is 2.48 bits per heavy atom. The molecule has 7 nitrogen and oxygen atoms in total. The van der Waals surface area contributed by atoms with Gasteiger partial charge in [-0.3, -0.25) is 15.0 Å². The molecule has 0 saturated carbocycles. The number of imide groups is 1. The van der Waals surface area contributed by atoms with E-state index in [4.69, 9.17) is 9.47 Å². The van der Waals surface area contributed by atoms with Crippen LogP contribution in [0.5, 0.6) is 0 Å². The highest BCUT2D eigenvalue weighted by Crippen LogP contribution is 2.50. The largest absolute Gasteiger partial charge is 0.347 e. The Kier molecular flexibility index (Phi) is 2.68. The molecule has 4 aliphatic rings. The number of urea groups is 1. The topological polar surface area (TPSA) is 79.9 Å². The van der Waals surface area contributed by atoms with Gasteiger partial charge in [0.25, 0.3) is 5.91 Å². The smallest absolute Gasteiger partial charge is 0.322 e. The van der Waals surface area contributed by atoms with E-state index in [-0.39, 0.29) is 18.0 Å². The molecule has 2 spiro atoms. The first-order chi connectivity index (χ1) is 9.96. The zero-order valence-corrected chi connectivity index (χ0v) is 12.3. The number of piperidine rings is 1. The molecule has 4 saturated heterocycles. The molecule has 116 valence electrons. The summed E-state index contributed by atoms with van der Waals surface area (Å²) in [7, 11) is 0. The summed E-state index contributed by atoms with van der Waals surface area (Å²) in [6, 6.07) is 0.0220. The van der Waals surface area contributed by atoms with Crippen molar-refractivity contribution >= 4 is 11.9 Å². The highest BCUT2D eigenvalue weighted by atomic mass is 16.7. The lowest BCUT2D eigenvalue weighted by molar-refractivity contribution is -0.204. The van der Waals surface area contributed by atoms with Gasteiger partial charge in [0.1, 0.15) is 5.54 Å². The zero-order valence-electron chi connectivity index (χ0n) is 12.3. The lowest BCUT2D eigenvalue weighted by Crippen LogP contribution is -2.62. The molecule has 0 aromatic rings. The van der Waals surface area contributed by atoms with Crippen molar-refractivity contribution in [2.45, 2.75) is 62.6 Å². The molecule has 0 aromatic carbocycles. The van der Waals surface area contributed by atoms with Crippen molar-refractivity contribution in [1.82, 2.24) is 15.5 Å². The van der Waals surface area contributed by atoms with Gasteiger partial charge in [0.05, 0.1) is 13.2 Å².